The quantitative estimate of drug-likeness (QED) is 0.295. The number of hydrogen-bond acceptors (Lipinski definition) is 3. The van der Waals surface area contributed by atoms with E-state index in [9.17, 15) is 10.4 Å². The minimum Gasteiger partial charge on any atom is -0.623 e. The van der Waals surface area contributed by atoms with E-state index >= 15 is 0 Å². The smallest absolute Gasteiger partial charge is 0.211 e. The third-order valence-corrected chi connectivity index (χ3v) is 6.05. The molecule has 1 aromatic rings. The first-order valence-electron chi connectivity index (χ1n) is 7.58. The van der Waals surface area contributed by atoms with Crippen LogP contribution in [0.2, 0.25) is 5.02 Å². The number of benzene rings is 1. The van der Waals surface area contributed by atoms with E-state index in [2.05, 4.69) is 19.0 Å². The van der Waals surface area contributed by atoms with Gasteiger partial charge in [0.1, 0.15) is 5.71 Å². The number of halogens is 1. The molecule has 0 aliphatic heterocycles. The van der Waals surface area contributed by atoms with E-state index in [1.54, 1.807) is 12.1 Å². The molecular weight excluding hydrogens is 300 g/mol. The van der Waals surface area contributed by atoms with Gasteiger partial charge in [0.2, 0.25) is 5.54 Å². The van der Waals surface area contributed by atoms with Gasteiger partial charge in [-0.3, -0.25) is 0 Å². The van der Waals surface area contributed by atoms with E-state index in [-0.39, 0.29) is 5.41 Å². The van der Waals surface area contributed by atoms with Crippen LogP contribution in [0, 0.1) is 22.5 Å². The molecule has 2 saturated carbocycles. The lowest BCUT2D eigenvalue weighted by atomic mass is 9.81. The van der Waals surface area contributed by atoms with E-state index < -0.39 is 5.54 Å². The van der Waals surface area contributed by atoms with Crippen LogP contribution in [-0.2, 0) is 0 Å². The highest BCUT2D eigenvalue weighted by molar-refractivity contribution is 6.32. The zero-order valence-electron chi connectivity index (χ0n) is 13.1. The Balaban J connectivity index is 1.96. The van der Waals surface area contributed by atoms with Crippen LogP contribution in [0.1, 0.15) is 39.2 Å². The van der Waals surface area contributed by atoms with Gasteiger partial charge in [0, 0.05) is 13.3 Å². The number of oxime groups is 1. The van der Waals surface area contributed by atoms with Crippen molar-refractivity contribution in [1.29, 1.82) is 0 Å². The third kappa shape index (κ3) is 2.21. The van der Waals surface area contributed by atoms with Crippen LogP contribution in [0.5, 0.6) is 0 Å². The molecule has 0 bridgehead atoms. The molecule has 0 heterocycles. The number of rotatable bonds is 2. The van der Waals surface area contributed by atoms with Gasteiger partial charge < -0.3 is 10.4 Å². The molecule has 22 heavy (non-hydrogen) atoms. The summed E-state index contributed by atoms with van der Waals surface area (Å²) in [5.41, 5.74) is 0.648. The number of hydrogen-bond donors (Lipinski definition) is 1. The molecule has 0 spiro atoms. The lowest BCUT2D eigenvalue weighted by Crippen LogP contribution is -2.48. The average molecular weight is 321 g/mol. The number of fused-ring (bicyclic) bond motifs is 1. The van der Waals surface area contributed by atoms with Gasteiger partial charge in [-0.05, 0) is 35.8 Å². The number of hydroxylamine groups is 1. The Morgan fingerprint density at radius 1 is 1.32 bits per heavy atom. The van der Waals surface area contributed by atoms with Crippen LogP contribution < -0.4 is 0 Å². The monoisotopic (exact) mass is 320 g/mol. The Bertz CT molecular complexity index is 668. The average Bonchev–Trinajstić information content (AvgIpc) is 3.00. The van der Waals surface area contributed by atoms with E-state index in [0.29, 0.717) is 41.0 Å². The molecule has 3 unspecified atom stereocenters. The lowest BCUT2D eigenvalue weighted by Gasteiger charge is -2.31. The summed E-state index contributed by atoms with van der Waals surface area (Å²) < 4.78 is 0.911. The fraction of sp³-hybridized carbons (Fsp3) is 0.529. The molecule has 2 aliphatic rings. The van der Waals surface area contributed by atoms with Crippen molar-refractivity contribution in [3.05, 3.63) is 40.1 Å². The molecule has 0 amide bonds. The summed E-state index contributed by atoms with van der Waals surface area (Å²) in [5, 5.41) is 26.2. The van der Waals surface area contributed by atoms with E-state index in [1.165, 1.54) is 6.21 Å². The van der Waals surface area contributed by atoms with Crippen molar-refractivity contribution >= 4 is 23.5 Å². The van der Waals surface area contributed by atoms with Gasteiger partial charge in [-0.2, -0.15) is 0 Å². The molecule has 4 nitrogen and oxygen atoms in total. The molecule has 0 aromatic heterocycles. The molecule has 0 saturated heterocycles. The van der Waals surface area contributed by atoms with Crippen molar-refractivity contribution in [2.45, 2.75) is 39.2 Å². The zero-order valence-corrected chi connectivity index (χ0v) is 13.8. The van der Waals surface area contributed by atoms with E-state index in [0.717, 1.165) is 4.74 Å². The standard InChI is InChI=1S/C17H21ClN2O2/c1-16(2)12-8-15(19-21)17(3,9-13(12)16)20(22)10-11-6-4-5-7-14(11)18/h4-7,10,12-13,21H,8-9H2,1-3H3. The Labute approximate surface area is 135 Å². The highest BCUT2D eigenvalue weighted by Gasteiger charge is 2.66. The largest absolute Gasteiger partial charge is 0.623 e. The molecule has 5 heteroatoms. The molecule has 3 rings (SSSR count). The van der Waals surface area contributed by atoms with Crippen molar-refractivity contribution in [3.63, 3.8) is 0 Å². The normalized spacial score (nSPS) is 35.3. The first-order chi connectivity index (χ1) is 10.3. The second-order valence-electron chi connectivity index (χ2n) is 7.24. The van der Waals surface area contributed by atoms with Crippen molar-refractivity contribution in [2.75, 3.05) is 0 Å². The summed E-state index contributed by atoms with van der Waals surface area (Å²) in [6.45, 7) is 6.29. The van der Waals surface area contributed by atoms with Crippen LogP contribution in [0.15, 0.2) is 29.4 Å². The van der Waals surface area contributed by atoms with Crippen molar-refractivity contribution in [3.8, 4) is 0 Å². The summed E-state index contributed by atoms with van der Waals surface area (Å²) in [4.78, 5) is 0. The predicted molar refractivity (Wildman–Crippen MR) is 87.9 cm³/mol. The highest BCUT2D eigenvalue weighted by Crippen LogP contribution is 2.66. The molecule has 1 N–H and O–H groups in total. The van der Waals surface area contributed by atoms with Crippen molar-refractivity contribution in [1.82, 2.24) is 0 Å². The van der Waals surface area contributed by atoms with Gasteiger partial charge in [0.05, 0.1) is 10.6 Å². The summed E-state index contributed by atoms with van der Waals surface area (Å²) >= 11 is 6.13. The maximum atomic E-state index is 12.8. The second-order valence-corrected chi connectivity index (χ2v) is 7.65. The minimum atomic E-state index is -0.817. The first kappa shape index (κ1) is 15.3. The third-order valence-electron chi connectivity index (χ3n) is 5.71. The fourth-order valence-electron chi connectivity index (χ4n) is 3.86. The highest BCUT2D eigenvalue weighted by atomic mass is 35.5. The molecule has 2 aliphatic carbocycles. The van der Waals surface area contributed by atoms with Crippen LogP contribution in [0.4, 0.5) is 0 Å². The first-order valence-corrected chi connectivity index (χ1v) is 7.96. The van der Waals surface area contributed by atoms with Crippen LogP contribution in [-0.4, -0.2) is 27.4 Å². The van der Waals surface area contributed by atoms with Crippen molar-refractivity contribution in [2.24, 2.45) is 22.4 Å². The maximum absolute atomic E-state index is 12.8. The number of nitrogens with zero attached hydrogens (tertiary/aromatic N) is 2. The van der Waals surface area contributed by atoms with Gasteiger partial charge in [-0.25, -0.2) is 4.74 Å². The summed E-state index contributed by atoms with van der Waals surface area (Å²) in [7, 11) is 0. The topological polar surface area (TPSA) is 58.7 Å². The van der Waals surface area contributed by atoms with Gasteiger partial charge in [0.25, 0.3) is 0 Å². The molecule has 2 fully saturated rings. The molecule has 3 atom stereocenters. The SMILES string of the molecule is CC1(C)C2CC(=NO)C(C)([N+]([O-])=Cc3ccccc3Cl)CC21. The molecule has 0 radical (unpaired) electrons. The van der Waals surface area contributed by atoms with Crippen molar-refractivity contribution < 1.29 is 9.95 Å². The Kier molecular flexibility index (Phi) is 3.48. The van der Waals surface area contributed by atoms with Crippen LogP contribution in [0.3, 0.4) is 0 Å². The Hall–Kier alpha value is -1.55. The maximum Gasteiger partial charge on any atom is 0.211 e. The van der Waals surface area contributed by atoms with Gasteiger partial charge in [-0.15, -0.1) is 0 Å². The summed E-state index contributed by atoms with van der Waals surface area (Å²) in [6, 6.07) is 7.23. The zero-order chi connectivity index (χ0) is 16.1. The summed E-state index contributed by atoms with van der Waals surface area (Å²) in [6.07, 6.45) is 2.89. The predicted octanol–water partition coefficient (Wildman–Crippen LogP) is 3.92. The Morgan fingerprint density at radius 2 is 2.00 bits per heavy atom. The molecule has 1 aromatic carbocycles. The summed E-state index contributed by atoms with van der Waals surface area (Å²) in [5.74, 6) is 1.01. The van der Waals surface area contributed by atoms with Gasteiger partial charge >= 0.3 is 0 Å². The molecular formula is C17H21ClN2O2. The molecule has 118 valence electrons. The minimum absolute atomic E-state index is 0.221. The van der Waals surface area contributed by atoms with Gasteiger partial charge in [-0.1, -0.05) is 42.7 Å². The fourth-order valence-corrected chi connectivity index (χ4v) is 4.04. The second kappa shape index (κ2) is 4.98. The van der Waals surface area contributed by atoms with E-state index in [4.69, 9.17) is 11.6 Å². The Morgan fingerprint density at radius 3 is 2.64 bits per heavy atom. The van der Waals surface area contributed by atoms with E-state index in [1.807, 2.05) is 19.1 Å². The van der Waals surface area contributed by atoms with Gasteiger partial charge in [0.15, 0.2) is 6.21 Å². The van der Waals surface area contributed by atoms with Crippen LogP contribution >= 0.6 is 11.6 Å². The van der Waals surface area contributed by atoms with Crippen LogP contribution in [0.25, 0.3) is 0 Å². The lowest BCUT2D eigenvalue weighted by molar-refractivity contribution is -0.521.